The Hall–Kier alpha value is -1.96. The number of nitrogens with one attached hydrogen (secondary N) is 1. The molecule has 1 aliphatic heterocycles. The van der Waals surface area contributed by atoms with Gasteiger partial charge < -0.3 is 10.1 Å². The fraction of sp³-hybridized carbons (Fsp3) is 0.429. The molecule has 1 saturated heterocycles. The number of halogens is 1. The summed E-state index contributed by atoms with van der Waals surface area (Å²) in [5.74, 6) is -2.44. The molecule has 0 aromatic heterocycles. The van der Waals surface area contributed by atoms with Gasteiger partial charge in [0.25, 0.3) is 5.91 Å². The SMILES string of the molecule is C[C@]1(NC(=O)COC(=O)c2ccccc2F)CCS(=O)(=O)C1. The maximum Gasteiger partial charge on any atom is 0.341 e. The van der Waals surface area contributed by atoms with Gasteiger partial charge in [0.1, 0.15) is 5.82 Å². The van der Waals surface area contributed by atoms with E-state index in [4.69, 9.17) is 4.74 Å². The number of carbonyl (C=O) groups is 2. The van der Waals surface area contributed by atoms with Crippen LogP contribution in [0.5, 0.6) is 0 Å². The average Bonchev–Trinajstić information content (AvgIpc) is 2.70. The van der Waals surface area contributed by atoms with Gasteiger partial charge in [0.15, 0.2) is 16.4 Å². The lowest BCUT2D eigenvalue weighted by molar-refractivity contribution is -0.125. The first-order valence-electron chi connectivity index (χ1n) is 6.64. The van der Waals surface area contributed by atoms with Crippen LogP contribution in [0.15, 0.2) is 24.3 Å². The molecule has 0 spiro atoms. The highest BCUT2D eigenvalue weighted by molar-refractivity contribution is 7.91. The van der Waals surface area contributed by atoms with Crippen molar-refractivity contribution < 1.29 is 27.1 Å². The van der Waals surface area contributed by atoms with Crippen molar-refractivity contribution in [1.29, 1.82) is 0 Å². The average molecular weight is 329 g/mol. The first kappa shape index (κ1) is 16.4. The highest BCUT2D eigenvalue weighted by Gasteiger charge is 2.39. The van der Waals surface area contributed by atoms with Crippen LogP contribution < -0.4 is 5.32 Å². The minimum atomic E-state index is -3.15. The van der Waals surface area contributed by atoms with E-state index < -0.39 is 39.7 Å². The number of esters is 1. The quantitative estimate of drug-likeness (QED) is 0.820. The van der Waals surface area contributed by atoms with Crippen molar-refractivity contribution in [2.24, 2.45) is 0 Å². The van der Waals surface area contributed by atoms with Crippen molar-refractivity contribution in [1.82, 2.24) is 5.32 Å². The number of ether oxygens (including phenoxy) is 1. The fourth-order valence-electron chi connectivity index (χ4n) is 2.32. The van der Waals surface area contributed by atoms with Crippen molar-refractivity contribution in [3.8, 4) is 0 Å². The fourth-order valence-corrected chi connectivity index (χ4v) is 4.41. The molecule has 0 bridgehead atoms. The summed E-state index contributed by atoms with van der Waals surface area (Å²) in [6.07, 6.45) is 0.308. The number of hydrogen-bond donors (Lipinski definition) is 1. The third kappa shape index (κ3) is 4.03. The number of sulfone groups is 1. The molecule has 1 heterocycles. The van der Waals surface area contributed by atoms with Crippen LogP contribution in [0.25, 0.3) is 0 Å². The second-order valence-corrected chi connectivity index (χ2v) is 7.69. The standard InChI is InChI=1S/C14H16FNO5S/c1-14(6-7-22(19,20)9-14)16-12(17)8-21-13(18)10-4-2-3-5-11(10)15/h2-5H,6-9H2,1H3,(H,16,17)/t14-/m0/s1. The molecule has 120 valence electrons. The molecule has 6 nitrogen and oxygen atoms in total. The van der Waals surface area contributed by atoms with E-state index in [0.29, 0.717) is 6.42 Å². The molecule has 1 N–H and O–H groups in total. The minimum absolute atomic E-state index is 0.0127. The van der Waals surface area contributed by atoms with Crippen LogP contribution in [0.2, 0.25) is 0 Å². The Kier molecular flexibility index (Phi) is 4.50. The van der Waals surface area contributed by atoms with Crippen LogP contribution in [-0.4, -0.2) is 43.9 Å². The second-order valence-electron chi connectivity index (χ2n) is 5.51. The third-order valence-corrected chi connectivity index (χ3v) is 5.28. The van der Waals surface area contributed by atoms with Gasteiger partial charge in [-0.05, 0) is 25.5 Å². The first-order valence-corrected chi connectivity index (χ1v) is 8.46. The highest BCUT2D eigenvalue weighted by atomic mass is 32.2. The Morgan fingerprint density at radius 3 is 2.64 bits per heavy atom. The largest absolute Gasteiger partial charge is 0.452 e. The predicted molar refractivity (Wildman–Crippen MR) is 76.5 cm³/mol. The molecule has 1 fully saturated rings. The van der Waals surface area contributed by atoms with Crippen molar-refractivity contribution >= 4 is 21.7 Å². The van der Waals surface area contributed by atoms with Crippen molar-refractivity contribution in [2.75, 3.05) is 18.1 Å². The van der Waals surface area contributed by atoms with Gasteiger partial charge >= 0.3 is 5.97 Å². The molecule has 1 aromatic rings. The van der Waals surface area contributed by atoms with Crippen LogP contribution >= 0.6 is 0 Å². The molecule has 2 rings (SSSR count). The molecule has 1 aromatic carbocycles. The summed E-state index contributed by atoms with van der Waals surface area (Å²) in [4.78, 5) is 23.4. The lowest BCUT2D eigenvalue weighted by atomic mass is 10.0. The predicted octanol–water partition coefficient (Wildman–Crippen LogP) is 0.676. The summed E-state index contributed by atoms with van der Waals surface area (Å²) in [7, 11) is -3.15. The first-order chi connectivity index (χ1) is 10.2. The topological polar surface area (TPSA) is 89.5 Å². The lowest BCUT2D eigenvalue weighted by Crippen LogP contribution is -2.48. The maximum absolute atomic E-state index is 13.4. The van der Waals surface area contributed by atoms with Gasteiger partial charge in [0.05, 0.1) is 22.6 Å². The second kappa shape index (κ2) is 6.04. The maximum atomic E-state index is 13.4. The number of amides is 1. The van der Waals surface area contributed by atoms with Gasteiger partial charge in [-0.3, -0.25) is 4.79 Å². The van der Waals surface area contributed by atoms with E-state index in [1.165, 1.54) is 18.2 Å². The Labute approximate surface area is 127 Å². The number of benzene rings is 1. The summed E-state index contributed by atoms with van der Waals surface area (Å²) in [6.45, 7) is 1.02. The van der Waals surface area contributed by atoms with Gasteiger partial charge in [-0.2, -0.15) is 0 Å². The van der Waals surface area contributed by atoms with E-state index in [-0.39, 0.29) is 17.1 Å². The summed E-state index contributed by atoms with van der Waals surface area (Å²) in [5, 5.41) is 2.54. The monoisotopic (exact) mass is 329 g/mol. The molecule has 0 unspecified atom stereocenters. The Balaban J connectivity index is 1.89. The van der Waals surface area contributed by atoms with Gasteiger partial charge in [0, 0.05) is 0 Å². The number of rotatable bonds is 4. The van der Waals surface area contributed by atoms with Crippen molar-refractivity contribution in [2.45, 2.75) is 18.9 Å². The lowest BCUT2D eigenvalue weighted by Gasteiger charge is -2.23. The van der Waals surface area contributed by atoms with Crippen LogP contribution in [0.4, 0.5) is 4.39 Å². The third-order valence-electron chi connectivity index (χ3n) is 3.37. The van der Waals surface area contributed by atoms with E-state index in [1.54, 1.807) is 6.92 Å². The molecular weight excluding hydrogens is 313 g/mol. The van der Waals surface area contributed by atoms with E-state index in [2.05, 4.69) is 5.32 Å². The van der Waals surface area contributed by atoms with E-state index in [0.717, 1.165) is 6.07 Å². The van der Waals surface area contributed by atoms with Crippen LogP contribution in [0.3, 0.4) is 0 Å². The van der Waals surface area contributed by atoms with Crippen LogP contribution in [0, 0.1) is 5.82 Å². The summed E-state index contributed by atoms with van der Waals surface area (Å²) in [5.41, 5.74) is -1.12. The molecule has 1 atom stereocenters. The van der Waals surface area contributed by atoms with Gasteiger partial charge in [-0.15, -0.1) is 0 Å². The summed E-state index contributed by atoms with van der Waals surface area (Å²) >= 11 is 0. The molecule has 0 saturated carbocycles. The Bertz CT molecular complexity index is 703. The Morgan fingerprint density at radius 2 is 2.05 bits per heavy atom. The van der Waals surface area contributed by atoms with Gasteiger partial charge in [0.2, 0.25) is 0 Å². The molecular formula is C14H16FNO5S. The number of carbonyl (C=O) groups excluding carboxylic acids is 2. The zero-order chi connectivity index (χ0) is 16.4. The summed E-state index contributed by atoms with van der Waals surface area (Å²) in [6, 6.07) is 5.27. The van der Waals surface area contributed by atoms with Crippen LogP contribution in [-0.2, 0) is 19.4 Å². The molecule has 0 aliphatic carbocycles. The van der Waals surface area contributed by atoms with E-state index in [9.17, 15) is 22.4 Å². The van der Waals surface area contributed by atoms with Crippen molar-refractivity contribution in [3.63, 3.8) is 0 Å². The highest BCUT2D eigenvalue weighted by Crippen LogP contribution is 2.22. The van der Waals surface area contributed by atoms with Crippen molar-refractivity contribution in [3.05, 3.63) is 35.6 Å². The van der Waals surface area contributed by atoms with Gasteiger partial charge in [-0.1, -0.05) is 12.1 Å². The normalized spacial score (nSPS) is 23.0. The molecule has 1 aliphatic rings. The minimum Gasteiger partial charge on any atom is -0.452 e. The molecule has 0 radical (unpaired) electrons. The van der Waals surface area contributed by atoms with Crippen LogP contribution in [0.1, 0.15) is 23.7 Å². The Morgan fingerprint density at radius 1 is 1.36 bits per heavy atom. The number of hydrogen-bond acceptors (Lipinski definition) is 5. The van der Waals surface area contributed by atoms with Gasteiger partial charge in [-0.25, -0.2) is 17.6 Å². The summed E-state index contributed by atoms with van der Waals surface area (Å²) < 4.78 is 41.0. The zero-order valence-electron chi connectivity index (χ0n) is 12.0. The molecule has 1 amide bonds. The van der Waals surface area contributed by atoms with E-state index in [1.807, 2.05) is 0 Å². The smallest absolute Gasteiger partial charge is 0.341 e. The van der Waals surface area contributed by atoms with E-state index >= 15 is 0 Å². The molecule has 8 heteroatoms. The zero-order valence-corrected chi connectivity index (χ0v) is 12.8. The molecule has 22 heavy (non-hydrogen) atoms.